The first-order valence-electron chi connectivity index (χ1n) is 6.70. The minimum Gasteiger partial charge on any atom is -0.356 e. The van der Waals surface area contributed by atoms with Gasteiger partial charge in [-0.15, -0.1) is 0 Å². The summed E-state index contributed by atoms with van der Waals surface area (Å²) < 4.78 is 0. The van der Waals surface area contributed by atoms with E-state index in [0.29, 0.717) is 17.8 Å². The maximum absolute atomic E-state index is 12.0. The zero-order valence-corrected chi connectivity index (χ0v) is 11.9. The summed E-state index contributed by atoms with van der Waals surface area (Å²) >= 11 is 0. The highest BCUT2D eigenvalue weighted by Gasteiger charge is 2.37. The summed E-state index contributed by atoms with van der Waals surface area (Å²) in [4.78, 5) is 36.9. The van der Waals surface area contributed by atoms with E-state index in [1.165, 1.54) is 4.90 Å². The Bertz CT molecular complexity index is 593. The van der Waals surface area contributed by atoms with Gasteiger partial charge >= 0.3 is 0 Å². The van der Waals surface area contributed by atoms with Gasteiger partial charge in [-0.2, -0.15) is 0 Å². The van der Waals surface area contributed by atoms with Crippen molar-refractivity contribution in [2.75, 3.05) is 18.0 Å². The maximum atomic E-state index is 12.0. The standard InChI is InChI=1S/C15H18N2O3/c1-4-16-12(18)7-8-17-13-10(3)9(2)5-6-11(13)14(19)15(17)20/h5-6H,4,7-8H2,1-3H3,(H,16,18). The van der Waals surface area contributed by atoms with Crippen molar-refractivity contribution in [2.45, 2.75) is 27.2 Å². The Labute approximate surface area is 118 Å². The number of amides is 2. The molecule has 0 saturated carbocycles. The fourth-order valence-electron chi connectivity index (χ4n) is 2.38. The number of nitrogens with zero attached hydrogens (tertiary/aromatic N) is 1. The van der Waals surface area contributed by atoms with Gasteiger partial charge in [-0.05, 0) is 38.0 Å². The van der Waals surface area contributed by atoms with Crippen molar-refractivity contribution >= 4 is 23.3 Å². The van der Waals surface area contributed by atoms with Crippen LogP contribution in [0.5, 0.6) is 0 Å². The van der Waals surface area contributed by atoms with Gasteiger partial charge in [-0.3, -0.25) is 14.4 Å². The third-order valence-corrected chi connectivity index (χ3v) is 3.59. The highest BCUT2D eigenvalue weighted by molar-refractivity contribution is 6.52. The molecule has 1 heterocycles. The second kappa shape index (κ2) is 5.45. The van der Waals surface area contributed by atoms with Crippen molar-refractivity contribution < 1.29 is 14.4 Å². The van der Waals surface area contributed by atoms with Gasteiger partial charge in [0.15, 0.2) is 0 Å². The lowest BCUT2D eigenvalue weighted by atomic mass is 10.0. The Balaban J connectivity index is 2.28. The van der Waals surface area contributed by atoms with Crippen molar-refractivity contribution in [2.24, 2.45) is 0 Å². The topological polar surface area (TPSA) is 66.5 Å². The number of ketones is 1. The highest BCUT2D eigenvalue weighted by Crippen LogP contribution is 2.34. The Morgan fingerprint density at radius 2 is 1.95 bits per heavy atom. The van der Waals surface area contributed by atoms with Crippen molar-refractivity contribution in [1.82, 2.24) is 5.32 Å². The molecule has 106 valence electrons. The molecule has 0 saturated heterocycles. The van der Waals surface area contributed by atoms with E-state index < -0.39 is 11.7 Å². The molecule has 0 spiro atoms. The number of hydrogen-bond acceptors (Lipinski definition) is 3. The number of fused-ring (bicyclic) bond motifs is 1. The fraction of sp³-hybridized carbons (Fsp3) is 0.400. The molecule has 1 aromatic rings. The molecule has 0 aliphatic carbocycles. The van der Waals surface area contributed by atoms with Crippen LogP contribution in [0.2, 0.25) is 0 Å². The molecule has 0 atom stereocenters. The first kappa shape index (κ1) is 14.2. The van der Waals surface area contributed by atoms with Gasteiger partial charge in [-0.1, -0.05) is 6.07 Å². The first-order chi connectivity index (χ1) is 9.47. The van der Waals surface area contributed by atoms with Crippen LogP contribution in [0, 0.1) is 13.8 Å². The van der Waals surface area contributed by atoms with Gasteiger partial charge in [0, 0.05) is 19.5 Å². The molecule has 0 aromatic heterocycles. The molecule has 20 heavy (non-hydrogen) atoms. The summed E-state index contributed by atoms with van der Waals surface area (Å²) in [5.41, 5.74) is 3.03. The Morgan fingerprint density at radius 1 is 1.25 bits per heavy atom. The van der Waals surface area contributed by atoms with Crippen LogP contribution < -0.4 is 10.2 Å². The molecule has 0 fully saturated rings. The Kier molecular flexibility index (Phi) is 3.88. The number of aryl methyl sites for hydroxylation is 1. The van der Waals surface area contributed by atoms with Crippen LogP contribution in [0.3, 0.4) is 0 Å². The zero-order chi connectivity index (χ0) is 14.9. The Morgan fingerprint density at radius 3 is 2.60 bits per heavy atom. The SMILES string of the molecule is CCNC(=O)CCN1C(=O)C(=O)c2ccc(C)c(C)c21. The van der Waals surface area contributed by atoms with E-state index in [-0.39, 0.29) is 18.9 Å². The lowest BCUT2D eigenvalue weighted by Crippen LogP contribution is -2.34. The highest BCUT2D eigenvalue weighted by atomic mass is 16.2. The normalized spacial score (nSPS) is 13.7. The molecule has 1 aromatic carbocycles. The molecule has 2 amide bonds. The summed E-state index contributed by atoms with van der Waals surface area (Å²) in [5, 5.41) is 2.68. The average molecular weight is 274 g/mol. The number of rotatable bonds is 4. The zero-order valence-electron chi connectivity index (χ0n) is 11.9. The molecule has 1 aliphatic heterocycles. The van der Waals surface area contributed by atoms with Gasteiger partial charge in [-0.25, -0.2) is 0 Å². The molecular weight excluding hydrogens is 256 g/mol. The average Bonchev–Trinajstić information content (AvgIpc) is 2.65. The lowest BCUT2D eigenvalue weighted by molar-refractivity contribution is -0.120. The predicted octanol–water partition coefficient (Wildman–Crippen LogP) is 1.36. The van der Waals surface area contributed by atoms with Crippen molar-refractivity contribution in [3.8, 4) is 0 Å². The molecular formula is C15H18N2O3. The molecule has 0 bridgehead atoms. The van der Waals surface area contributed by atoms with Crippen LogP contribution in [0.25, 0.3) is 0 Å². The van der Waals surface area contributed by atoms with E-state index in [4.69, 9.17) is 0 Å². The number of carbonyl (C=O) groups excluding carboxylic acids is 3. The van der Waals surface area contributed by atoms with Crippen molar-refractivity contribution in [3.05, 3.63) is 28.8 Å². The molecule has 2 rings (SSSR count). The smallest absolute Gasteiger partial charge is 0.299 e. The third-order valence-electron chi connectivity index (χ3n) is 3.59. The number of Topliss-reactive ketones (excluding diaryl/α,β-unsaturated/α-hetero) is 1. The van der Waals surface area contributed by atoms with E-state index in [1.54, 1.807) is 6.07 Å². The van der Waals surface area contributed by atoms with Gasteiger partial charge in [0.2, 0.25) is 5.91 Å². The summed E-state index contributed by atoms with van der Waals surface area (Å²) in [6, 6.07) is 3.52. The number of anilines is 1. The minimum atomic E-state index is -0.544. The van der Waals surface area contributed by atoms with Crippen LogP contribution in [0.1, 0.15) is 34.8 Å². The molecule has 5 nitrogen and oxygen atoms in total. The largest absolute Gasteiger partial charge is 0.356 e. The fourth-order valence-corrected chi connectivity index (χ4v) is 2.38. The minimum absolute atomic E-state index is 0.119. The number of hydrogen-bond donors (Lipinski definition) is 1. The van der Waals surface area contributed by atoms with Crippen molar-refractivity contribution in [3.63, 3.8) is 0 Å². The van der Waals surface area contributed by atoms with Crippen LogP contribution in [-0.4, -0.2) is 30.7 Å². The second-order valence-electron chi connectivity index (χ2n) is 4.89. The van der Waals surface area contributed by atoms with Crippen molar-refractivity contribution in [1.29, 1.82) is 0 Å². The monoisotopic (exact) mass is 274 g/mol. The van der Waals surface area contributed by atoms with Crippen LogP contribution in [0.4, 0.5) is 5.69 Å². The van der Waals surface area contributed by atoms with Crippen LogP contribution in [0.15, 0.2) is 12.1 Å². The number of benzene rings is 1. The summed E-state index contributed by atoms with van der Waals surface area (Å²) in [7, 11) is 0. The van der Waals surface area contributed by atoms with Gasteiger partial charge in [0.05, 0.1) is 11.3 Å². The molecule has 0 unspecified atom stereocenters. The molecule has 1 aliphatic rings. The van der Waals surface area contributed by atoms with E-state index in [1.807, 2.05) is 26.8 Å². The summed E-state index contributed by atoms with van der Waals surface area (Å²) in [5.74, 6) is -1.15. The lowest BCUT2D eigenvalue weighted by Gasteiger charge is -2.19. The quantitative estimate of drug-likeness (QED) is 0.843. The Hall–Kier alpha value is -2.17. The summed E-state index contributed by atoms with van der Waals surface area (Å²) in [6.45, 7) is 6.45. The molecule has 1 N–H and O–H groups in total. The van der Waals surface area contributed by atoms with Crippen LogP contribution in [-0.2, 0) is 9.59 Å². The second-order valence-corrected chi connectivity index (χ2v) is 4.89. The van der Waals surface area contributed by atoms with Gasteiger partial charge in [0.25, 0.3) is 11.7 Å². The third kappa shape index (κ3) is 2.31. The molecule has 5 heteroatoms. The van der Waals surface area contributed by atoms with E-state index in [0.717, 1.165) is 11.1 Å². The molecule has 0 radical (unpaired) electrons. The maximum Gasteiger partial charge on any atom is 0.299 e. The number of carbonyl (C=O) groups is 3. The number of nitrogens with one attached hydrogen (secondary N) is 1. The van der Waals surface area contributed by atoms with Crippen LogP contribution >= 0.6 is 0 Å². The summed E-state index contributed by atoms with van der Waals surface area (Å²) in [6.07, 6.45) is 0.194. The van der Waals surface area contributed by atoms with Gasteiger partial charge in [0.1, 0.15) is 0 Å². The van der Waals surface area contributed by atoms with E-state index in [2.05, 4.69) is 5.32 Å². The first-order valence-corrected chi connectivity index (χ1v) is 6.70. The van der Waals surface area contributed by atoms with E-state index in [9.17, 15) is 14.4 Å². The van der Waals surface area contributed by atoms with E-state index >= 15 is 0 Å². The predicted molar refractivity (Wildman–Crippen MR) is 75.9 cm³/mol. The van der Waals surface area contributed by atoms with Gasteiger partial charge < -0.3 is 10.2 Å².